The lowest BCUT2D eigenvalue weighted by molar-refractivity contribution is 0.103. The smallest absolute Gasteiger partial charge is 0.265 e. The van der Waals surface area contributed by atoms with Crippen molar-refractivity contribution in [1.29, 1.82) is 0 Å². The number of hydrogen-bond donors (Lipinski definition) is 1. The van der Waals surface area contributed by atoms with Crippen molar-refractivity contribution in [2.75, 3.05) is 5.32 Å². The van der Waals surface area contributed by atoms with Crippen LogP contribution in [0.5, 0.6) is 0 Å². The Labute approximate surface area is 104 Å². The number of halogens is 3. The van der Waals surface area contributed by atoms with Gasteiger partial charge < -0.3 is 5.32 Å². The van der Waals surface area contributed by atoms with Gasteiger partial charge in [-0.15, -0.1) is 11.3 Å². The van der Waals surface area contributed by atoms with E-state index in [1.807, 2.05) is 0 Å². The molecule has 0 aliphatic carbocycles. The zero-order chi connectivity index (χ0) is 12.4. The summed E-state index contributed by atoms with van der Waals surface area (Å²) in [5.41, 5.74) is -0.180. The predicted molar refractivity (Wildman–Crippen MR) is 61.4 cm³/mol. The van der Waals surface area contributed by atoms with Crippen LogP contribution >= 0.6 is 22.9 Å². The molecule has 0 fully saturated rings. The zero-order valence-corrected chi connectivity index (χ0v) is 9.78. The van der Waals surface area contributed by atoms with Crippen molar-refractivity contribution in [2.24, 2.45) is 0 Å². The maximum atomic E-state index is 13.1. The molecule has 2 aromatic rings. The van der Waals surface area contributed by atoms with Crippen LogP contribution in [0.3, 0.4) is 0 Å². The molecule has 17 heavy (non-hydrogen) atoms. The second kappa shape index (κ2) is 4.77. The summed E-state index contributed by atoms with van der Waals surface area (Å²) in [4.78, 5) is 14.9. The maximum Gasteiger partial charge on any atom is 0.265 e. The molecule has 0 saturated carbocycles. The second-order valence-corrected chi connectivity index (χ2v) is 4.75. The SMILES string of the molecule is O=C(Nc1ccc(F)nc1F)c1ccc(Cl)s1. The molecule has 2 aromatic heterocycles. The van der Waals surface area contributed by atoms with Crippen LogP contribution in [0, 0.1) is 11.9 Å². The third-order valence-electron chi connectivity index (χ3n) is 1.86. The van der Waals surface area contributed by atoms with Gasteiger partial charge >= 0.3 is 0 Å². The molecule has 0 bridgehead atoms. The molecule has 7 heteroatoms. The summed E-state index contributed by atoms with van der Waals surface area (Å²) < 4.78 is 26.1. The molecule has 0 atom stereocenters. The molecule has 0 spiro atoms. The molecule has 1 amide bonds. The Bertz CT molecular complexity index is 573. The minimum Gasteiger partial charge on any atom is -0.317 e. The predicted octanol–water partition coefficient (Wildman–Crippen LogP) is 3.33. The second-order valence-electron chi connectivity index (χ2n) is 3.03. The largest absolute Gasteiger partial charge is 0.317 e. The fraction of sp³-hybridized carbons (Fsp3) is 0. The van der Waals surface area contributed by atoms with Crippen molar-refractivity contribution in [3.63, 3.8) is 0 Å². The number of hydrogen-bond acceptors (Lipinski definition) is 3. The van der Waals surface area contributed by atoms with Crippen LogP contribution < -0.4 is 5.32 Å². The van der Waals surface area contributed by atoms with Gasteiger partial charge in [0, 0.05) is 0 Å². The number of pyridine rings is 1. The Balaban J connectivity index is 2.18. The topological polar surface area (TPSA) is 42.0 Å². The van der Waals surface area contributed by atoms with Gasteiger partial charge in [0.15, 0.2) is 0 Å². The van der Waals surface area contributed by atoms with Gasteiger partial charge in [-0.25, -0.2) is 0 Å². The lowest BCUT2D eigenvalue weighted by Crippen LogP contribution is -2.12. The molecular formula is C10H5ClF2N2OS. The molecule has 0 aliphatic rings. The molecule has 2 rings (SSSR count). The van der Waals surface area contributed by atoms with E-state index in [-0.39, 0.29) is 5.69 Å². The number of anilines is 1. The van der Waals surface area contributed by atoms with E-state index in [4.69, 9.17) is 11.6 Å². The van der Waals surface area contributed by atoms with Crippen molar-refractivity contribution in [1.82, 2.24) is 4.98 Å². The molecule has 0 radical (unpaired) electrons. The standard InChI is InChI=1S/C10H5ClF2N2OS/c11-7-3-2-6(17-7)10(16)14-5-1-4-8(12)15-9(5)13/h1-4H,(H,14,16). The number of nitrogens with one attached hydrogen (secondary N) is 1. The molecule has 88 valence electrons. The van der Waals surface area contributed by atoms with Gasteiger partial charge in [-0.05, 0) is 24.3 Å². The van der Waals surface area contributed by atoms with Crippen LogP contribution in [-0.4, -0.2) is 10.9 Å². The van der Waals surface area contributed by atoms with Crippen LogP contribution in [0.15, 0.2) is 24.3 Å². The Hall–Kier alpha value is -1.53. The zero-order valence-electron chi connectivity index (χ0n) is 8.21. The number of thiophene rings is 1. The van der Waals surface area contributed by atoms with Gasteiger partial charge in [0.25, 0.3) is 5.91 Å². The monoisotopic (exact) mass is 274 g/mol. The Kier molecular flexibility index (Phi) is 3.35. The first kappa shape index (κ1) is 11.9. The van der Waals surface area contributed by atoms with Crippen LogP contribution in [0.25, 0.3) is 0 Å². The van der Waals surface area contributed by atoms with Crippen molar-refractivity contribution in [3.8, 4) is 0 Å². The normalized spacial score (nSPS) is 10.3. The summed E-state index contributed by atoms with van der Waals surface area (Å²) in [7, 11) is 0. The fourth-order valence-electron chi connectivity index (χ4n) is 1.13. The fourth-order valence-corrected chi connectivity index (χ4v) is 2.06. The highest BCUT2D eigenvalue weighted by atomic mass is 35.5. The van der Waals surface area contributed by atoms with Crippen molar-refractivity contribution >= 4 is 34.5 Å². The molecule has 3 nitrogen and oxygen atoms in total. The van der Waals surface area contributed by atoms with Crippen molar-refractivity contribution < 1.29 is 13.6 Å². The summed E-state index contributed by atoms with van der Waals surface area (Å²) >= 11 is 6.72. The summed E-state index contributed by atoms with van der Waals surface area (Å²) in [5, 5.41) is 2.28. The van der Waals surface area contributed by atoms with E-state index in [0.29, 0.717) is 9.21 Å². The molecule has 0 aromatic carbocycles. The third-order valence-corrected chi connectivity index (χ3v) is 3.09. The number of aromatic nitrogens is 1. The van der Waals surface area contributed by atoms with E-state index in [1.54, 1.807) is 6.07 Å². The number of carbonyl (C=O) groups is 1. The van der Waals surface area contributed by atoms with Crippen LogP contribution in [0.1, 0.15) is 9.67 Å². The Morgan fingerprint density at radius 3 is 2.65 bits per heavy atom. The van der Waals surface area contributed by atoms with E-state index in [9.17, 15) is 13.6 Å². The van der Waals surface area contributed by atoms with E-state index < -0.39 is 17.8 Å². The highest BCUT2D eigenvalue weighted by Gasteiger charge is 2.12. The quantitative estimate of drug-likeness (QED) is 0.854. The van der Waals surface area contributed by atoms with Crippen LogP contribution in [0.2, 0.25) is 4.34 Å². The molecule has 0 saturated heterocycles. The van der Waals surface area contributed by atoms with Gasteiger partial charge in [0.05, 0.1) is 14.9 Å². The average Bonchev–Trinajstić information content (AvgIpc) is 2.69. The van der Waals surface area contributed by atoms with E-state index >= 15 is 0 Å². The van der Waals surface area contributed by atoms with Gasteiger partial charge in [0.1, 0.15) is 0 Å². The minimum absolute atomic E-state index is 0.180. The molecule has 0 unspecified atom stereocenters. The summed E-state index contributed by atoms with van der Waals surface area (Å²) in [5.74, 6) is -2.53. The summed E-state index contributed by atoms with van der Waals surface area (Å²) in [6.07, 6.45) is 0. The van der Waals surface area contributed by atoms with E-state index in [0.717, 1.165) is 23.5 Å². The maximum absolute atomic E-state index is 13.1. The molecular weight excluding hydrogens is 270 g/mol. The number of rotatable bonds is 2. The highest BCUT2D eigenvalue weighted by Crippen LogP contribution is 2.22. The summed E-state index contributed by atoms with van der Waals surface area (Å²) in [6.45, 7) is 0. The van der Waals surface area contributed by atoms with Gasteiger partial charge in [-0.1, -0.05) is 11.6 Å². The van der Waals surface area contributed by atoms with E-state index in [2.05, 4.69) is 10.3 Å². The lowest BCUT2D eigenvalue weighted by Gasteiger charge is -2.03. The number of nitrogens with zero attached hydrogens (tertiary/aromatic N) is 1. The van der Waals surface area contributed by atoms with Gasteiger partial charge in [-0.2, -0.15) is 13.8 Å². The molecule has 2 heterocycles. The molecule has 1 N–H and O–H groups in total. The lowest BCUT2D eigenvalue weighted by atomic mass is 10.3. The van der Waals surface area contributed by atoms with E-state index in [1.165, 1.54) is 6.07 Å². The number of carbonyl (C=O) groups excluding carboxylic acids is 1. The summed E-state index contributed by atoms with van der Waals surface area (Å²) in [6, 6.07) is 5.13. The van der Waals surface area contributed by atoms with Crippen LogP contribution in [0.4, 0.5) is 14.5 Å². The van der Waals surface area contributed by atoms with Crippen molar-refractivity contribution in [3.05, 3.63) is 45.4 Å². The third kappa shape index (κ3) is 2.78. The average molecular weight is 275 g/mol. The Morgan fingerprint density at radius 2 is 2.06 bits per heavy atom. The first-order valence-corrected chi connectivity index (χ1v) is 5.64. The van der Waals surface area contributed by atoms with Gasteiger partial charge in [0.2, 0.25) is 11.9 Å². The van der Waals surface area contributed by atoms with Crippen molar-refractivity contribution in [2.45, 2.75) is 0 Å². The first-order chi connectivity index (χ1) is 8.06. The van der Waals surface area contributed by atoms with Gasteiger partial charge in [-0.3, -0.25) is 4.79 Å². The molecule has 0 aliphatic heterocycles. The highest BCUT2D eigenvalue weighted by molar-refractivity contribution is 7.18. The Morgan fingerprint density at radius 1 is 1.29 bits per heavy atom. The minimum atomic E-state index is -1.07. The van der Waals surface area contributed by atoms with Crippen LogP contribution in [-0.2, 0) is 0 Å². The first-order valence-electron chi connectivity index (χ1n) is 4.45. The number of amides is 1.